The molecule has 2 N–H and O–H groups in total. The minimum absolute atomic E-state index is 0.0332. The maximum atomic E-state index is 12.5. The van der Waals surface area contributed by atoms with Crippen molar-refractivity contribution in [3.05, 3.63) is 24.3 Å². The van der Waals surface area contributed by atoms with Gasteiger partial charge in [-0.15, -0.1) is 0 Å². The summed E-state index contributed by atoms with van der Waals surface area (Å²) >= 11 is 0. The number of aliphatic hydroxyl groups is 1. The summed E-state index contributed by atoms with van der Waals surface area (Å²) in [4.78, 5) is 0.311. The zero-order chi connectivity index (χ0) is 14.8. The van der Waals surface area contributed by atoms with E-state index in [1.165, 1.54) is 4.31 Å². The molecule has 0 spiro atoms. The van der Waals surface area contributed by atoms with Crippen molar-refractivity contribution in [3.8, 4) is 0 Å². The van der Waals surface area contributed by atoms with Crippen molar-refractivity contribution in [3.63, 3.8) is 0 Å². The molecule has 2 rings (SSSR count). The molecule has 0 aliphatic carbocycles. The van der Waals surface area contributed by atoms with Gasteiger partial charge in [0, 0.05) is 25.3 Å². The summed E-state index contributed by atoms with van der Waals surface area (Å²) in [5.74, 6) is 0.0332. The molecule has 0 bridgehead atoms. The molecule has 0 radical (unpaired) electrons. The Morgan fingerprint density at radius 1 is 1.40 bits per heavy atom. The van der Waals surface area contributed by atoms with Gasteiger partial charge in [-0.2, -0.15) is 4.31 Å². The number of anilines is 1. The van der Waals surface area contributed by atoms with Crippen LogP contribution in [0.3, 0.4) is 0 Å². The van der Waals surface area contributed by atoms with Crippen LogP contribution in [0.1, 0.15) is 20.3 Å². The van der Waals surface area contributed by atoms with Crippen LogP contribution in [0.2, 0.25) is 0 Å². The minimum Gasteiger partial charge on any atom is -0.393 e. The molecule has 1 saturated heterocycles. The van der Waals surface area contributed by atoms with E-state index in [2.05, 4.69) is 5.32 Å². The van der Waals surface area contributed by atoms with Crippen LogP contribution in [-0.2, 0) is 10.0 Å². The second-order valence-electron chi connectivity index (χ2n) is 5.21. The Hall–Kier alpha value is -1.11. The van der Waals surface area contributed by atoms with Crippen molar-refractivity contribution in [2.45, 2.75) is 31.3 Å². The lowest BCUT2D eigenvalue weighted by Crippen LogP contribution is -2.30. The first-order chi connectivity index (χ1) is 9.45. The fourth-order valence-corrected chi connectivity index (χ4v) is 3.98. The molecule has 1 heterocycles. The first kappa shape index (κ1) is 15.3. The average Bonchev–Trinajstić information content (AvgIpc) is 2.90. The molecule has 2 atom stereocenters. The van der Waals surface area contributed by atoms with Gasteiger partial charge in [0.25, 0.3) is 0 Å². The number of hydrogen-bond acceptors (Lipinski definition) is 4. The maximum Gasteiger partial charge on any atom is 0.243 e. The van der Waals surface area contributed by atoms with E-state index in [9.17, 15) is 13.5 Å². The summed E-state index contributed by atoms with van der Waals surface area (Å²) in [6, 6.07) is 6.81. The van der Waals surface area contributed by atoms with E-state index >= 15 is 0 Å². The Bertz CT molecular complexity index is 540. The predicted molar refractivity (Wildman–Crippen MR) is 79.2 cm³/mol. The van der Waals surface area contributed by atoms with Crippen molar-refractivity contribution in [2.75, 3.05) is 25.0 Å². The number of sulfonamides is 1. The summed E-state index contributed by atoms with van der Waals surface area (Å²) in [5, 5.41) is 12.7. The van der Waals surface area contributed by atoms with E-state index in [4.69, 9.17) is 0 Å². The largest absolute Gasteiger partial charge is 0.393 e. The third-order valence-corrected chi connectivity index (χ3v) is 5.62. The monoisotopic (exact) mass is 298 g/mol. The van der Waals surface area contributed by atoms with Gasteiger partial charge in [-0.05, 0) is 50.5 Å². The van der Waals surface area contributed by atoms with E-state index in [-0.39, 0.29) is 5.92 Å². The van der Waals surface area contributed by atoms with Crippen LogP contribution in [0.15, 0.2) is 29.2 Å². The van der Waals surface area contributed by atoms with Crippen LogP contribution >= 0.6 is 0 Å². The molecule has 0 amide bonds. The summed E-state index contributed by atoms with van der Waals surface area (Å²) in [6.07, 6.45) is 0.248. The molecule has 5 nitrogen and oxygen atoms in total. The first-order valence-corrected chi connectivity index (χ1v) is 8.41. The standard InChI is InChI=1S/C14H22N2O3S/c1-3-15-13-4-6-14(7-5-13)20(18,19)16-9-8-12(10-16)11(2)17/h4-7,11-12,15,17H,3,8-10H2,1-2H3. The lowest BCUT2D eigenvalue weighted by molar-refractivity contribution is 0.133. The fourth-order valence-electron chi connectivity index (χ4n) is 2.46. The topological polar surface area (TPSA) is 69.6 Å². The maximum absolute atomic E-state index is 12.5. The van der Waals surface area contributed by atoms with Crippen molar-refractivity contribution in [2.24, 2.45) is 5.92 Å². The molecule has 0 aromatic heterocycles. The Morgan fingerprint density at radius 2 is 2.05 bits per heavy atom. The molecule has 0 saturated carbocycles. The number of aliphatic hydroxyl groups excluding tert-OH is 1. The van der Waals surface area contributed by atoms with Gasteiger partial charge in [0.05, 0.1) is 11.0 Å². The molecule has 20 heavy (non-hydrogen) atoms. The normalized spacial score (nSPS) is 21.9. The van der Waals surface area contributed by atoms with Gasteiger partial charge in [0.1, 0.15) is 0 Å². The van der Waals surface area contributed by atoms with E-state index in [0.717, 1.165) is 12.2 Å². The van der Waals surface area contributed by atoms with E-state index in [0.29, 0.717) is 24.4 Å². The summed E-state index contributed by atoms with van der Waals surface area (Å²) in [5.41, 5.74) is 0.912. The van der Waals surface area contributed by atoms with Crippen molar-refractivity contribution in [1.29, 1.82) is 0 Å². The Kier molecular flexibility index (Phi) is 4.67. The number of rotatable bonds is 5. The third-order valence-electron chi connectivity index (χ3n) is 3.74. The van der Waals surface area contributed by atoms with E-state index in [1.807, 2.05) is 6.92 Å². The van der Waals surface area contributed by atoms with Gasteiger partial charge in [-0.25, -0.2) is 8.42 Å². The number of benzene rings is 1. The Balaban J connectivity index is 2.14. The lowest BCUT2D eigenvalue weighted by Gasteiger charge is -2.18. The van der Waals surface area contributed by atoms with Crippen LogP contribution in [0.5, 0.6) is 0 Å². The van der Waals surface area contributed by atoms with Crippen molar-refractivity contribution in [1.82, 2.24) is 4.31 Å². The molecule has 1 aromatic rings. The number of nitrogens with one attached hydrogen (secondary N) is 1. The van der Waals surface area contributed by atoms with Crippen LogP contribution in [-0.4, -0.2) is 43.6 Å². The smallest absolute Gasteiger partial charge is 0.243 e. The zero-order valence-corrected chi connectivity index (χ0v) is 12.7. The van der Waals surface area contributed by atoms with Gasteiger partial charge in [-0.1, -0.05) is 0 Å². The summed E-state index contributed by atoms with van der Waals surface area (Å²) in [6.45, 7) is 5.38. The fraction of sp³-hybridized carbons (Fsp3) is 0.571. The molecule has 1 aliphatic rings. The second-order valence-corrected chi connectivity index (χ2v) is 7.15. The molecular weight excluding hydrogens is 276 g/mol. The highest BCUT2D eigenvalue weighted by atomic mass is 32.2. The summed E-state index contributed by atoms with van der Waals surface area (Å²) < 4.78 is 26.5. The van der Waals surface area contributed by atoms with Gasteiger partial charge in [0.15, 0.2) is 0 Å². The summed E-state index contributed by atoms with van der Waals surface area (Å²) in [7, 11) is -3.44. The van der Waals surface area contributed by atoms with Gasteiger partial charge in [-0.3, -0.25) is 0 Å². The molecule has 112 valence electrons. The van der Waals surface area contributed by atoms with Gasteiger partial charge in [0.2, 0.25) is 10.0 Å². The lowest BCUT2D eigenvalue weighted by atomic mass is 10.0. The second kappa shape index (κ2) is 6.11. The third kappa shape index (κ3) is 3.13. The highest BCUT2D eigenvalue weighted by Crippen LogP contribution is 2.26. The van der Waals surface area contributed by atoms with E-state index < -0.39 is 16.1 Å². The highest BCUT2D eigenvalue weighted by molar-refractivity contribution is 7.89. The quantitative estimate of drug-likeness (QED) is 0.864. The van der Waals surface area contributed by atoms with Gasteiger partial charge < -0.3 is 10.4 Å². The molecule has 6 heteroatoms. The average molecular weight is 298 g/mol. The molecule has 1 aliphatic heterocycles. The van der Waals surface area contributed by atoms with Crippen molar-refractivity contribution < 1.29 is 13.5 Å². The molecule has 1 aromatic carbocycles. The van der Waals surface area contributed by atoms with Gasteiger partial charge >= 0.3 is 0 Å². The number of hydrogen-bond donors (Lipinski definition) is 2. The Labute approximate surface area is 120 Å². The SMILES string of the molecule is CCNc1ccc(S(=O)(=O)N2CCC(C(C)O)C2)cc1. The van der Waals surface area contributed by atoms with Crippen LogP contribution < -0.4 is 5.32 Å². The Morgan fingerprint density at radius 3 is 2.55 bits per heavy atom. The minimum atomic E-state index is -3.44. The van der Waals surface area contributed by atoms with Crippen LogP contribution in [0.25, 0.3) is 0 Å². The first-order valence-electron chi connectivity index (χ1n) is 6.97. The zero-order valence-electron chi connectivity index (χ0n) is 11.9. The van der Waals surface area contributed by atoms with E-state index in [1.54, 1.807) is 31.2 Å². The molecular formula is C14H22N2O3S. The molecule has 1 fully saturated rings. The molecule has 2 unspecified atom stereocenters. The van der Waals surface area contributed by atoms with Crippen molar-refractivity contribution >= 4 is 15.7 Å². The highest BCUT2D eigenvalue weighted by Gasteiger charge is 2.34. The van der Waals surface area contributed by atoms with Crippen LogP contribution in [0, 0.1) is 5.92 Å². The van der Waals surface area contributed by atoms with Crippen LogP contribution in [0.4, 0.5) is 5.69 Å². The predicted octanol–water partition coefficient (Wildman–Crippen LogP) is 1.51. The number of nitrogens with zero attached hydrogens (tertiary/aromatic N) is 1.